The first-order valence-electron chi connectivity index (χ1n) is 4.76. The number of rotatable bonds is 2. The normalized spacial score (nSPS) is 29.6. The minimum Gasteiger partial charge on any atom is -0.508 e. The Morgan fingerprint density at radius 3 is 2.93 bits per heavy atom. The summed E-state index contributed by atoms with van der Waals surface area (Å²) in [5.41, 5.74) is 0.161. The predicted octanol–water partition coefficient (Wildman–Crippen LogP) is 1.03. The molecule has 0 amide bonds. The van der Waals surface area contributed by atoms with Gasteiger partial charge < -0.3 is 14.9 Å². The van der Waals surface area contributed by atoms with Crippen molar-refractivity contribution < 1.29 is 14.9 Å². The van der Waals surface area contributed by atoms with E-state index in [2.05, 4.69) is 4.99 Å². The Morgan fingerprint density at radius 1 is 1.53 bits per heavy atom. The number of aliphatic hydroxyl groups is 1. The maximum atomic E-state index is 9.36. The highest BCUT2D eigenvalue weighted by Crippen LogP contribution is 2.31. The van der Waals surface area contributed by atoms with Crippen LogP contribution in [-0.2, 0) is 10.3 Å². The molecule has 1 aromatic rings. The van der Waals surface area contributed by atoms with Gasteiger partial charge in [-0.25, -0.2) is 0 Å². The van der Waals surface area contributed by atoms with Gasteiger partial charge in [0.2, 0.25) is 0 Å². The number of ether oxygens (including phenoxy) is 1. The molecule has 0 spiro atoms. The lowest BCUT2D eigenvalue weighted by atomic mass is 9.97. The lowest BCUT2D eigenvalue weighted by Gasteiger charge is -2.22. The minimum atomic E-state index is -0.661. The van der Waals surface area contributed by atoms with Gasteiger partial charge in [-0.2, -0.15) is 0 Å². The fourth-order valence-corrected chi connectivity index (χ4v) is 1.61. The van der Waals surface area contributed by atoms with Crippen LogP contribution in [0, 0.1) is 0 Å². The summed E-state index contributed by atoms with van der Waals surface area (Å²) in [5.74, 6) is 0.193. The molecule has 2 N–H and O–H groups in total. The summed E-state index contributed by atoms with van der Waals surface area (Å²) in [4.78, 5) is 4.03. The maximum Gasteiger partial charge on any atom is 0.172 e. The third kappa shape index (κ3) is 1.86. The monoisotopic (exact) mass is 207 g/mol. The molecule has 1 aromatic carbocycles. The SMILES string of the molecule is CC1(c2cccc(O)c2)C=NC(CO)O1. The third-order valence-electron chi connectivity index (χ3n) is 2.44. The molecule has 2 unspecified atom stereocenters. The molecule has 1 aliphatic heterocycles. The molecule has 0 fully saturated rings. The largest absolute Gasteiger partial charge is 0.508 e. The molecule has 15 heavy (non-hydrogen) atoms. The van der Waals surface area contributed by atoms with Gasteiger partial charge in [0.1, 0.15) is 11.4 Å². The Morgan fingerprint density at radius 2 is 2.33 bits per heavy atom. The van der Waals surface area contributed by atoms with Crippen molar-refractivity contribution in [1.82, 2.24) is 0 Å². The van der Waals surface area contributed by atoms with E-state index in [1.807, 2.05) is 13.0 Å². The summed E-state index contributed by atoms with van der Waals surface area (Å²) >= 11 is 0. The van der Waals surface area contributed by atoms with Gasteiger partial charge >= 0.3 is 0 Å². The van der Waals surface area contributed by atoms with E-state index in [9.17, 15) is 5.11 Å². The van der Waals surface area contributed by atoms with Gasteiger partial charge in [0.25, 0.3) is 0 Å². The Balaban J connectivity index is 2.28. The molecule has 80 valence electrons. The smallest absolute Gasteiger partial charge is 0.172 e. The number of benzene rings is 1. The lowest BCUT2D eigenvalue weighted by molar-refractivity contribution is -0.0398. The van der Waals surface area contributed by atoms with Crippen molar-refractivity contribution in [3.05, 3.63) is 29.8 Å². The van der Waals surface area contributed by atoms with Crippen LogP contribution < -0.4 is 0 Å². The fourth-order valence-electron chi connectivity index (χ4n) is 1.61. The van der Waals surface area contributed by atoms with Crippen LogP contribution in [0.1, 0.15) is 12.5 Å². The van der Waals surface area contributed by atoms with E-state index in [0.29, 0.717) is 0 Å². The maximum absolute atomic E-state index is 9.36. The highest BCUT2D eigenvalue weighted by atomic mass is 16.5. The number of hydrogen-bond acceptors (Lipinski definition) is 4. The second kappa shape index (κ2) is 3.64. The van der Waals surface area contributed by atoms with Crippen molar-refractivity contribution in [1.29, 1.82) is 0 Å². The Hall–Kier alpha value is -1.39. The zero-order chi connectivity index (χ0) is 10.9. The van der Waals surface area contributed by atoms with Crippen molar-refractivity contribution in [3.8, 4) is 5.75 Å². The highest BCUT2D eigenvalue weighted by Gasteiger charge is 2.33. The molecule has 0 saturated carbocycles. The van der Waals surface area contributed by atoms with Crippen molar-refractivity contribution >= 4 is 6.21 Å². The van der Waals surface area contributed by atoms with Gasteiger partial charge in [0, 0.05) is 6.21 Å². The summed E-state index contributed by atoms with van der Waals surface area (Å²) in [6, 6.07) is 6.83. The summed E-state index contributed by atoms with van der Waals surface area (Å²) in [7, 11) is 0. The zero-order valence-electron chi connectivity index (χ0n) is 8.42. The molecule has 4 nitrogen and oxygen atoms in total. The zero-order valence-corrected chi connectivity index (χ0v) is 8.42. The number of hydrogen-bond donors (Lipinski definition) is 2. The van der Waals surface area contributed by atoms with Gasteiger partial charge in [-0.3, -0.25) is 4.99 Å². The number of aliphatic hydroxyl groups excluding tert-OH is 1. The molecule has 0 aliphatic carbocycles. The molecule has 0 aromatic heterocycles. The van der Waals surface area contributed by atoms with E-state index in [1.54, 1.807) is 24.4 Å². The van der Waals surface area contributed by atoms with Gasteiger partial charge in [0.15, 0.2) is 6.23 Å². The first-order valence-corrected chi connectivity index (χ1v) is 4.76. The number of phenols is 1. The van der Waals surface area contributed by atoms with E-state index in [1.165, 1.54) is 0 Å². The van der Waals surface area contributed by atoms with Crippen LogP contribution in [-0.4, -0.2) is 29.3 Å². The van der Waals surface area contributed by atoms with Gasteiger partial charge in [-0.1, -0.05) is 12.1 Å². The summed E-state index contributed by atoms with van der Waals surface area (Å²) in [6.07, 6.45) is 1.15. The highest BCUT2D eigenvalue weighted by molar-refractivity contribution is 5.72. The minimum absolute atomic E-state index is 0.134. The number of aliphatic imine (C=N–C) groups is 1. The van der Waals surface area contributed by atoms with Crippen molar-refractivity contribution in [2.24, 2.45) is 4.99 Å². The standard InChI is InChI=1S/C11H13NO3/c1-11(7-12-10(6-13)15-11)8-3-2-4-9(14)5-8/h2-5,7,10,13-14H,6H2,1H3. The summed E-state index contributed by atoms with van der Waals surface area (Å²) < 4.78 is 5.56. The van der Waals surface area contributed by atoms with Gasteiger partial charge in [0.05, 0.1) is 6.61 Å². The molecule has 1 aliphatic rings. The van der Waals surface area contributed by atoms with E-state index < -0.39 is 11.8 Å². The number of phenolic OH excluding ortho intramolecular Hbond substituents is 1. The molecule has 1 heterocycles. The number of nitrogens with zero attached hydrogens (tertiary/aromatic N) is 1. The number of aromatic hydroxyl groups is 1. The topological polar surface area (TPSA) is 62.1 Å². The van der Waals surface area contributed by atoms with Crippen LogP contribution >= 0.6 is 0 Å². The van der Waals surface area contributed by atoms with Crippen LogP contribution in [0.4, 0.5) is 0 Å². The quantitative estimate of drug-likeness (QED) is 0.761. The third-order valence-corrected chi connectivity index (χ3v) is 2.44. The van der Waals surface area contributed by atoms with Crippen molar-refractivity contribution in [2.45, 2.75) is 18.8 Å². The average Bonchev–Trinajstić information content (AvgIpc) is 2.62. The molecule has 0 saturated heterocycles. The molecule has 0 bridgehead atoms. The fraction of sp³-hybridized carbons (Fsp3) is 0.364. The van der Waals surface area contributed by atoms with E-state index in [-0.39, 0.29) is 12.4 Å². The molecular weight excluding hydrogens is 194 g/mol. The Labute approximate surface area is 87.8 Å². The molecule has 2 rings (SSSR count). The van der Waals surface area contributed by atoms with Crippen molar-refractivity contribution in [3.63, 3.8) is 0 Å². The van der Waals surface area contributed by atoms with Crippen LogP contribution in [0.2, 0.25) is 0 Å². The summed E-state index contributed by atoms with van der Waals surface area (Å²) in [5, 5.41) is 18.3. The van der Waals surface area contributed by atoms with Crippen molar-refractivity contribution in [2.75, 3.05) is 6.61 Å². The molecule has 0 radical (unpaired) electrons. The second-order valence-electron chi connectivity index (χ2n) is 3.69. The second-order valence-corrected chi connectivity index (χ2v) is 3.69. The van der Waals surface area contributed by atoms with Crippen LogP contribution in [0.3, 0.4) is 0 Å². The molecule has 2 atom stereocenters. The van der Waals surface area contributed by atoms with E-state index in [0.717, 1.165) is 5.56 Å². The van der Waals surface area contributed by atoms with E-state index in [4.69, 9.17) is 9.84 Å². The predicted molar refractivity (Wildman–Crippen MR) is 55.9 cm³/mol. The summed E-state index contributed by atoms with van der Waals surface area (Å²) in [6.45, 7) is 1.71. The van der Waals surface area contributed by atoms with Crippen LogP contribution in [0.15, 0.2) is 29.3 Å². The molecule has 4 heteroatoms. The van der Waals surface area contributed by atoms with Crippen LogP contribution in [0.5, 0.6) is 5.75 Å². The Kier molecular flexibility index (Phi) is 2.46. The lowest BCUT2D eigenvalue weighted by Crippen LogP contribution is -2.26. The van der Waals surface area contributed by atoms with Gasteiger partial charge in [-0.05, 0) is 24.6 Å². The molecular formula is C11H13NO3. The average molecular weight is 207 g/mol. The van der Waals surface area contributed by atoms with Crippen LogP contribution in [0.25, 0.3) is 0 Å². The Bertz CT molecular complexity index is 391. The first-order chi connectivity index (χ1) is 7.14. The van der Waals surface area contributed by atoms with E-state index >= 15 is 0 Å². The first kappa shape index (κ1) is 10.1. The van der Waals surface area contributed by atoms with Gasteiger partial charge in [-0.15, -0.1) is 0 Å².